The lowest BCUT2D eigenvalue weighted by Crippen LogP contribution is -1.92. The van der Waals surface area contributed by atoms with Crippen LogP contribution >= 0.6 is 0 Å². The first-order valence-electron chi connectivity index (χ1n) is 4.77. The summed E-state index contributed by atoms with van der Waals surface area (Å²) in [5.74, 6) is 0.657. The van der Waals surface area contributed by atoms with Crippen molar-refractivity contribution in [3.63, 3.8) is 0 Å². The van der Waals surface area contributed by atoms with E-state index in [4.69, 9.17) is 10.5 Å². The Kier molecular flexibility index (Phi) is 2.52. The minimum Gasteiger partial charge on any atom is -0.496 e. The summed E-state index contributed by atoms with van der Waals surface area (Å²) in [5.41, 5.74) is 7.27. The quantitative estimate of drug-likeness (QED) is 0.816. The Hall–Kier alpha value is -2.04. The molecule has 0 atom stereocenters. The Morgan fingerprint density at radius 2 is 2.12 bits per heavy atom. The lowest BCUT2D eigenvalue weighted by Gasteiger charge is -2.08. The molecule has 2 aromatic rings. The number of halogens is 1. The largest absolute Gasteiger partial charge is 0.496 e. The number of H-pyrrole nitrogens is 1. The molecule has 1 aromatic carbocycles. The van der Waals surface area contributed by atoms with E-state index in [1.54, 1.807) is 19.1 Å². The van der Waals surface area contributed by atoms with Crippen molar-refractivity contribution in [2.24, 2.45) is 0 Å². The number of aryl methyl sites for hydroxylation is 1. The number of anilines is 1. The van der Waals surface area contributed by atoms with Gasteiger partial charge in [-0.25, -0.2) is 4.39 Å². The van der Waals surface area contributed by atoms with Gasteiger partial charge in [0.15, 0.2) is 0 Å². The van der Waals surface area contributed by atoms with Gasteiger partial charge in [0.1, 0.15) is 17.4 Å². The second kappa shape index (κ2) is 3.84. The van der Waals surface area contributed by atoms with Crippen LogP contribution in [0.5, 0.6) is 5.75 Å². The fourth-order valence-corrected chi connectivity index (χ4v) is 1.51. The molecule has 5 heteroatoms. The van der Waals surface area contributed by atoms with Crippen LogP contribution in [0.1, 0.15) is 5.56 Å². The molecule has 0 amide bonds. The number of nitrogens with one attached hydrogen (secondary N) is 1. The maximum absolute atomic E-state index is 13.5. The van der Waals surface area contributed by atoms with Crippen LogP contribution in [0, 0.1) is 12.7 Å². The zero-order valence-electron chi connectivity index (χ0n) is 9.04. The summed E-state index contributed by atoms with van der Waals surface area (Å²) in [7, 11) is 1.54. The maximum atomic E-state index is 13.5. The predicted molar refractivity (Wildman–Crippen MR) is 59.7 cm³/mol. The van der Waals surface area contributed by atoms with E-state index in [1.165, 1.54) is 13.2 Å². The molecule has 0 aliphatic carbocycles. The van der Waals surface area contributed by atoms with E-state index >= 15 is 0 Å². The molecule has 3 N–H and O–H groups in total. The lowest BCUT2D eigenvalue weighted by molar-refractivity contribution is 0.414. The fraction of sp³-hybridized carbons (Fsp3) is 0.182. The average Bonchev–Trinajstić information content (AvgIpc) is 2.68. The van der Waals surface area contributed by atoms with E-state index in [9.17, 15) is 4.39 Å². The van der Waals surface area contributed by atoms with Gasteiger partial charge in [0, 0.05) is 11.6 Å². The van der Waals surface area contributed by atoms with Crippen molar-refractivity contribution in [2.75, 3.05) is 12.8 Å². The molecule has 1 heterocycles. The normalized spacial score (nSPS) is 10.4. The van der Waals surface area contributed by atoms with E-state index in [-0.39, 0.29) is 5.82 Å². The zero-order chi connectivity index (χ0) is 11.7. The van der Waals surface area contributed by atoms with E-state index in [2.05, 4.69) is 10.2 Å². The summed E-state index contributed by atoms with van der Waals surface area (Å²) < 4.78 is 18.7. The Balaban J connectivity index is 2.59. The van der Waals surface area contributed by atoms with Crippen LogP contribution in [0.15, 0.2) is 18.2 Å². The second-order valence-corrected chi connectivity index (χ2v) is 3.51. The van der Waals surface area contributed by atoms with Gasteiger partial charge in [-0.05, 0) is 24.6 Å². The first-order valence-corrected chi connectivity index (χ1v) is 4.77. The number of aromatic amines is 1. The maximum Gasteiger partial charge on any atom is 0.145 e. The van der Waals surface area contributed by atoms with Gasteiger partial charge in [-0.15, -0.1) is 0 Å². The Morgan fingerprint density at radius 3 is 2.69 bits per heavy atom. The summed E-state index contributed by atoms with van der Waals surface area (Å²) >= 11 is 0. The number of nitrogens with zero attached hydrogens (tertiary/aromatic N) is 1. The van der Waals surface area contributed by atoms with Crippen LogP contribution in [0.4, 0.5) is 10.2 Å². The van der Waals surface area contributed by atoms with Crippen LogP contribution < -0.4 is 10.5 Å². The smallest absolute Gasteiger partial charge is 0.145 e. The van der Waals surface area contributed by atoms with Crippen LogP contribution in [-0.2, 0) is 0 Å². The highest BCUT2D eigenvalue weighted by Crippen LogP contribution is 2.31. The van der Waals surface area contributed by atoms with Crippen molar-refractivity contribution < 1.29 is 9.13 Å². The summed E-state index contributed by atoms with van der Waals surface area (Å²) in [4.78, 5) is 0. The van der Waals surface area contributed by atoms with E-state index < -0.39 is 0 Å². The molecular formula is C11H12FN3O. The van der Waals surface area contributed by atoms with Crippen molar-refractivity contribution in [1.82, 2.24) is 10.2 Å². The summed E-state index contributed by atoms with van der Waals surface area (Å²) in [5, 5.41) is 6.52. The van der Waals surface area contributed by atoms with Crippen LogP contribution in [0.25, 0.3) is 11.3 Å². The molecular weight excluding hydrogens is 209 g/mol. The molecule has 16 heavy (non-hydrogen) atoms. The van der Waals surface area contributed by atoms with Crippen LogP contribution in [-0.4, -0.2) is 17.3 Å². The molecule has 1 aromatic heterocycles. The Bertz CT molecular complexity index is 522. The average molecular weight is 221 g/mol. The minimum absolute atomic E-state index is 0.288. The summed E-state index contributed by atoms with van der Waals surface area (Å²) in [6.45, 7) is 1.68. The second-order valence-electron chi connectivity index (χ2n) is 3.51. The molecule has 0 radical (unpaired) electrons. The number of ether oxygens (including phenoxy) is 1. The summed E-state index contributed by atoms with van der Waals surface area (Å²) in [6, 6.07) is 4.68. The number of nitrogen functional groups attached to an aromatic ring is 1. The highest BCUT2D eigenvalue weighted by molar-refractivity contribution is 5.69. The molecule has 0 saturated heterocycles. The van der Waals surface area contributed by atoms with E-state index in [0.29, 0.717) is 28.4 Å². The zero-order valence-corrected chi connectivity index (χ0v) is 9.04. The molecule has 4 nitrogen and oxygen atoms in total. The van der Waals surface area contributed by atoms with Crippen LogP contribution in [0.3, 0.4) is 0 Å². The monoisotopic (exact) mass is 221 g/mol. The number of methoxy groups -OCH3 is 1. The van der Waals surface area contributed by atoms with Gasteiger partial charge >= 0.3 is 0 Å². The van der Waals surface area contributed by atoms with Crippen molar-refractivity contribution in [1.29, 1.82) is 0 Å². The molecule has 0 aliphatic rings. The molecule has 0 saturated carbocycles. The van der Waals surface area contributed by atoms with Gasteiger partial charge in [0.25, 0.3) is 0 Å². The van der Waals surface area contributed by atoms with Crippen LogP contribution in [0.2, 0.25) is 0 Å². The third-order valence-corrected chi connectivity index (χ3v) is 2.37. The molecule has 0 spiro atoms. The van der Waals surface area contributed by atoms with E-state index in [1.807, 2.05) is 0 Å². The molecule has 0 unspecified atom stereocenters. The summed E-state index contributed by atoms with van der Waals surface area (Å²) in [6.07, 6.45) is 0. The Labute approximate surface area is 92.2 Å². The van der Waals surface area contributed by atoms with Gasteiger partial charge in [0.05, 0.1) is 12.8 Å². The minimum atomic E-state index is -0.288. The SMILES string of the molecule is COc1cc(C)c(F)cc1-c1cc(N)n[nH]1. The molecule has 0 fully saturated rings. The van der Waals surface area contributed by atoms with Crippen molar-refractivity contribution >= 4 is 5.82 Å². The molecule has 0 aliphatic heterocycles. The topological polar surface area (TPSA) is 63.9 Å². The van der Waals surface area contributed by atoms with Crippen molar-refractivity contribution in [3.8, 4) is 17.0 Å². The predicted octanol–water partition coefficient (Wildman–Crippen LogP) is 2.12. The first-order chi connectivity index (χ1) is 7.61. The number of rotatable bonds is 2. The van der Waals surface area contributed by atoms with Gasteiger partial charge in [-0.1, -0.05) is 0 Å². The van der Waals surface area contributed by atoms with Gasteiger partial charge in [-0.2, -0.15) is 5.10 Å². The number of aromatic nitrogens is 2. The fourth-order valence-electron chi connectivity index (χ4n) is 1.51. The number of hydrogen-bond donors (Lipinski definition) is 2. The first kappa shape index (κ1) is 10.5. The highest BCUT2D eigenvalue weighted by Gasteiger charge is 2.11. The van der Waals surface area contributed by atoms with Crippen molar-refractivity contribution in [2.45, 2.75) is 6.92 Å². The molecule has 84 valence electrons. The van der Waals surface area contributed by atoms with E-state index in [0.717, 1.165) is 0 Å². The number of nitrogens with two attached hydrogens (primary N) is 1. The lowest BCUT2D eigenvalue weighted by atomic mass is 10.1. The Morgan fingerprint density at radius 1 is 1.38 bits per heavy atom. The number of hydrogen-bond acceptors (Lipinski definition) is 3. The van der Waals surface area contributed by atoms with Gasteiger partial charge in [0.2, 0.25) is 0 Å². The standard InChI is InChI=1S/C11H12FN3O/c1-6-3-10(16-2)7(4-8(6)12)9-5-11(13)15-14-9/h3-5H,1-2H3,(H3,13,14,15). The van der Waals surface area contributed by atoms with Gasteiger partial charge < -0.3 is 10.5 Å². The third-order valence-electron chi connectivity index (χ3n) is 2.37. The molecule has 2 rings (SSSR count). The highest BCUT2D eigenvalue weighted by atomic mass is 19.1. The molecule has 0 bridgehead atoms. The van der Waals surface area contributed by atoms with Crippen molar-refractivity contribution in [3.05, 3.63) is 29.6 Å². The number of benzene rings is 1. The third kappa shape index (κ3) is 1.71. The van der Waals surface area contributed by atoms with Gasteiger partial charge in [-0.3, -0.25) is 5.10 Å².